The molecule has 1 unspecified atom stereocenters. The average molecular weight is 364 g/mol. The van der Waals surface area contributed by atoms with Crippen molar-refractivity contribution in [3.05, 3.63) is 35.4 Å². The lowest BCUT2D eigenvalue weighted by molar-refractivity contribution is -0.137. The van der Waals surface area contributed by atoms with Crippen molar-refractivity contribution in [3.63, 3.8) is 0 Å². The van der Waals surface area contributed by atoms with E-state index in [1.165, 1.54) is 17.0 Å². The molecule has 5 nitrogen and oxygen atoms in total. The third-order valence-corrected chi connectivity index (χ3v) is 4.57. The number of nitrogens with zero attached hydrogens (tertiary/aromatic N) is 1. The zero-order valence-corrected chi connectivity index (χ0v) is 14.0. The van der Waals surface area contributed by atoms with Crippen LogP contribution in [0.25, 0.3) is 0 Å². The van der Waals surface area contributed by atoms with Gasteiger partial charge in [0.1, 0.15) is 0 Å². The number of benzene rings is 1. The molecule has 1 saturated heterocycles. The van der Waals surface area contributed by atoms with E-state index in [4.69, 9.17) is 0 Å². The van der Waals surface area contributed by atoms with Crippen molar-refractivity contribution < 1.29 is 26.4 Å². The summed E-state index contributed by atoms with van der Waals surface area (Å²) in [5.74, 6) is -0.520. The van der Waals surface area contributed by atoms with Crippen LogP contribution in [0.5, 0.6) is 0 Å². The highest BCUT2D eigenvalue weighted by Gasteiger charge is 2.32. The van der Waals surface area contributed by atoms with Gasteiger partial charge in [-0.25, -0.2) is 13.1 Å². The van der Waals surface area contributed by atoms with Gasteiger partial charge in [-0.1, -0.05) is 6.07 Å². The number of likely N-dealkylation sites (tertiary alicyclic amines) is 1. The zero-order chi connectivity index (χ0) is 18.0. The number of sulfonamides is 1. The highest BCUT2D eigenvalue weighted by atomic mass is 32.2. The molecule has 1 N–H and O–H groups in total. The van der Waals surface area contributed by atoms with Crippen molar-refractivity contribution >= 4 is 15.9 Å². The standard InChI is InChI=1S/C15H19F3N2O3S/c1-24(22,23)19-9-11-4-3-7-20(10-11)14(21)12-5-2-6-13(8-12)15(16,17)18/h2,5-6,8,11,19H,3-4,7,9-10H2,1H3. The van der Waals surface area contributed by atoms with E-state index < -0.39 is 27.7 Å². The summed E-state index contributed by atoms with van der Waals surface area (Å²) in [6.07, 6.45) is -2.00. The first-order chi connectivity index (χ1) is 11.1. The summed E-state index contributed by atoms with van der Waals surface area (Å²) in [6, 6.07) is 4.34. The SMILES string of the molecule is CS(=O)(=O)NCC1CCCN(C(=O)c2cccc(C(F)(F)F)c2)C1. The van der Waals surface area contributed by atoms with Crippen LogP contribution >= 0.6 is 0 Å². The van der Waals surface area contributed by atoms with Gasteiger partial charge in [-0.05, 0) is 37.0 Å². The zero-order valence-electron chi connectivity index (χ0n) is 13.1. The molecule has 1 aliphatic rings. The average Bonchev–Trinajstić information content (AvgIpc) is 2.51. The Morgan fingerprint density at radius 3 is 2.71 bits per heavy atom. The molecule has 0 bridgehead atoms. The van der Waals surface area contributed by atoms with Crippen LogP contribution < -0.4 is 4.72 Å². The number of halogens is 3. The molecule has 1 aromatic rings. The lowest BCUT2D eigenvalue weighted by atomic mass is 9.97. The van der Waals surface area contributed by atoms with E-state index in [0.717, 1.165) is 24.8 Å². The molecule has 24 heavy (non-hydrogen) atoms. The van der Waals surface area contributed by atoms with Gasteiger partial charge in [-0.3, -0.25) is 4.79 Å². The topological polar surface area (TPSA) is 66.5 Å². The fourth-order valence-corrected chi connectivity index (χ4v) is 3.23. The van der Waals surface area contributed by atoms with Crippen molar-refractivity contribution in [3.8, 4) is 0 Å². The summed E-state index contributed by atoms with van der Waals surface area (Å²) in [6.45, 7) is 0.979. The number of piperidine rings is 1. The van der Waals surface area contributed by atoms with Crippen molar-refractivity contribution in [2.45, 2.75) is 19.0 Å². The van der Waals surface area contributed by atoms with Gasteiger partial charge in [-0.15, -0.1) is 0 Å². The van der Waals surface area contributed by atoms with Crippen molar-refractivity contribution in [2.75, 3.05) is 25.9 Å². The van der Waals surface area contributed by atoms with Gasteiger partial charge in [-0.2, -0.15) is 13.2 Å². The number of alkyl halides is 3. The van der Waals surface area contributed by atoms with E-state index in [1.807, 2.05) is 0 Å². The second-order valence-corrected chi connectivity index (χ2v) is 7.79. The fraction of sp³-hybridized carbons (Fsp3) is 0.533. The Labute approximate surface area is 138 Å². The molecule has 1 amide bonds. The fourth-order valence-electron chi connectivity index (χ4n) is 2.70. The minimum absolute atomic E-state index is 0.0125. The van der Waals surface area contributed by atoms with Crippen LogP contribution in [0.4, 0.5) is 13.2 Å². The molecule has 1 fully saturated rings. The van der Waals surface area contributed by atoms with Crippen molar-refractivity contribution in [1.29, 1.82) is 0 Å². The molecule has 134 valence electrons. The predicted molar refractivity (Wildman–Crippen MR) is 82.9 cm³/mol. The summed E-state index contributed by atoms with van der Waals surface area (Å²) >= 11 is 0. The number of amides is 1. The molecule has 1 aromatic carbocycles. The van der Waals surface area contributed by atoms with E-state index in [-0.39, 0.29) is 18.0 Å². The maximum atomic E-state index is 12.8. The Hall–Kier alpha value is -1.61. The van der Waals surface area contributed by atoms with E-state index in [1.54, 1.807) is 0 Å². The van der Waals surface area contributed by atoms with Gasteiger partial charge in [0.15, 0.2) is 0 Å². The smallest absolute Gasteiger partial charge is 0.338 e. The Morgan fingerprint density at radius 2 is 2.08 bits per heavy atom. The van der Waals surface area contributed by atoms with E-state index in [2.05, 4.69) is 4.72 Å². The second kappa shape index (κ2) is 7.10. The Morgan fingerprint density at radius 1 is 1.38 bits per heavy atom. The van der Waals surface area contributed by atoms with E-state index in [9.17, 15) is 26.4 Å². The highest BCUT2D eigenvalue weighted by molar-refractivity contribution is 7.88. The molecule has 1 atom stereocenters. The number of rotatable bonds is 4. The number of hydrogen-bond donors (Lipinski definition) is 1. The lowest BCUT2D eigenvalue weighted by Crippen LogP contribution is -2.43. The number of carbonyl (C=O) groups is 1. The maximum Gasteiger partial charge on any atom is 0.416 e. The van der Waals surface area contributed by atoms with Crippen LogP contribution in [0.1, 0.15) is 28.8 Å². The van der Waals surface area contributed by atoms with E-state index in [0.29, 0.717) is 19.5 Å². The Bertz CT molecular complexity index is 704. The Kier molecular flexibility index (Phi) is 5.54. The van der Waals surface area contributed by atoms with Crippen LogP contribution in [0.15, 0.2) is 24.3 Å². The molecule has 1 heterocycles. The van der Waals surface area contributed by atoms with Crippen molar-refractivity contribution in [2.24, 2.45) is 5.92 Å². The monoisotopic (exact) mass is 364 g/mol. The minimum Gasteiger partial charge on any atom is -0.338 e. The quantitative estimate of drug-likeness (QED) is 0.890. The molecule has 1 aliphatic heterocycles. The number of hydrogen-bond acceptors (Lipinski definition) is 3. The maximum absolute atomic E-state index is 12.8. The molecule has 0 radical (unpaired) electrons. The molecule has 0 saturated carbocycles. The summed E-state index contributed by atoms with van der Waals surface area (Å²) in [5.41, 5.74) is -0.873. The van der Waals surface area contributed by atoms with Crippen LogP contribution in [0.3, 0.4) is 0 Å². The lowest BCUT2D eigenvalue weighted by Gasteiger charge is -2.33. The third kappa shape index (κ3) is 5.20. The normalized spacial score (nSPS) is 19.3. The van der Waals surface area contributed by atoms with Gasteiger partial charge >= 0.3 is 6.18 Å². The summed E-state index contributed by atoms with van der Waals surface area (Å²) in [7, 11) is -3.31. The van der Waals surface area contributed by atoms with Crippen LogP contribution in [0.2, 0.25) is 0 Å². The molecule has 0 spiro atoms. The van der Waals surface area contributed by atoms with Gasteiger partial charge in [0, 0.05) is 25.2 Å². The Balaban J connectivity index is 2.06. The van der Waals surface area contributed by atoms with Crippen LogP contribution in [0, 0.1) is 5.92 Å². The highest BCUT2D eigenvalue weighted by Crippen LogP contribution is 2.30. The molecule has 2 rings (SSSR count). The largest absolute Gasteiger partial charge is 0.416 e. The number of carbonyl (C=O) groups excluding carboxylic acids is 1. The number of nitrogens with one attached hydrogen (secondary N) is 1. The van der Waals surface area contributed by atoms with Gasteiger partial charge in [0.05, 0.1) is 11.8 Å². The van der Waals surface area contributed by atoms with Gasteiger partial charge in [0.2, 0.25) is 10.0 Å². The molecular formula is C15H19F3N2O3S. The van der Waals surface area contributed by atoms with Crippen LogP contribution in [-0.4, -0.2) is 45.1 Å². The molecular weight excluding hydrogens is 345 g/mol. The van der Waals surface area contributed by atoms with Gasteiger partial charge < -0.3 is 4.90 Å². The minimum atomic E-state index is -4.50. The predicted octanol–water partition coefficient (Wildman–Crippen LogP) is 2.11. The molecule has 0 aliphatic carbocycles. The van der Waals surface area contributed by atoms with Crippen LogP contribution in [-0.2, 0) is 16.2 Å². The molecule has 0 aromatic heterocycles. The first-order valence-corrected chi connectivity index (χ1v) is 9.36. The van der Waals surface area contributed by atoms with Gasteiger partial charge in [0.25, 0.3) is 5.91 Å². The first-order valence-electron chi connectivity index (χ1n) is 7.47. The van der Waals surface area contributed by atoms with E-state index >= 15 is 0 Å². The summed E-state index contributed by atoms with van der Waals surface area (Å²) in [5, 5.41) is 0. The summed E-state index contributed by atoms with van der Waals surface area (Å²) < 4.78 is 63.0. The second-order valence-electron chi connectivity index (χ2n) is 5.96. The third-order valence-electron chi connectivity index (χ3n) is 3.88. The molecule has 9 heteroatoms. The first kappa shape index (κ1) is 18.7. The summed E-state index contributed by atoms with van der Waals surface area (Å²) in [4.78, 5) is 13.9. The van der Waals surface area contributed by atoms with Crippen molar-refractivity contribution in [1.82, 2.24) is 9.62 Å².